The van der Waals surface area contributed by atoms with Gasteiger partial charge in [0.15, 0.2) is 0 Å². The molecular formula is C10H4BrCl2NO2. The monoisotopic (exact) mass is 319 g/mol. The number of imide groups is 1. The quantitative estimate of drug-likeness (QED) is 0.639. The first-order valence-electron chi connectivity index (χ1n) is 4.21. The molecule has 1 aromatic carbocycles. The molecular weight excluding hydrogens is 317 g/mol. The van der Waals surface area contributed by atoms with Gasteiger partial charge < -0.3 is 0 Å². The molecule has 1 aliphatic rings. The summed E-state index contributed by atoms with van der Waals surface area (Å²) < 4.78 is 0.633. The third-order valence-corrected chi connectivity index (χ3v) is 3.85. The number of hydrogen-bond acceptors (Lipinski definition) is 2. The Kier molecular flexibility index (Phi) is 3.06. The van der Waals surface area contributed by atoms with Crippen molar-refractivity contribution in [2.75, 3.05) is 0 Å². The van der Waals surface area contributed by atoms with Gasteiger partial charge in [0.25, 0.3) is 11.8 Å². The van der Waals surface area contributed by atoms with Crippen LogP contribution in [-0.2, 0) is 9.59 Å². The van der Waals surface area contributed by atoms with Gasteiger partial charge in [-0.2, -0.15) is 0 Å². The highest BCUT2D eigenvalue weighted by molar-refractivity contribution is 9.10. The number of carbonyl (C=O) groups is 2. The van der Waals surface area contributed by atoms with Crippen molar-refractivity contribution in [3.8, 4) is 0 Å². The van der Waals surface area contributed by atoms with Crippen LogP contribution in [0.2, 0.25) is 10.0 Å². The summed E-state index contributed by atoms with van der Waals surface area (Å²) in [5.41, 5.74) is 0.669. The van der Waals surface area contributed by atoms with E-state index >= 15 is 0 Å². The van der Waals surface area contributed by atoms with Crippen molar-refractivity contribution in [1.82, 2.24) is 5.32 Å². The molecule has 1 aliphatic heterocycles. The van der Waals surface area contributed by atoms with Crippen LogP contribution in [-0.4, -0.2) is 11.8 Å². The SMILES string of the molecule is O=C1C=C(c2ccc(Br)c(Cl)c2Cl)C(=O)N1. The largest absolute Gasteiger partial charge is 0.289 e. The Morgan fingerprint density at radius 3 is 2.38 bits per heavy atom. The first-order chi connectivity index (χ1) is 7.50. The summed E-state index contributed by atoms with van der Waals surface area (Å²) in [7, 11) is 0. The van der Waals surface area contributed by atoms with E-state index in [4.69, 9.17) is 23.2 Å². The van der Waals surface area contributed by atoms with E-state index in [-0.39, 0.29) is 10.6 Å². The highest BCUT2D eigenvalue weighted by Gasteiger charge is 2.24. The van der Waals surface area contributed by atoms with Crippen molar-refractivity contribution in [1.29, 1.82) is 0 Å². The average molecular weight is 321 g/mol. The third kappa shape index (κ3) is 1.88. The van der Waals surface area contributed by atoms with Crippen LogP contribution in [0.15, 0.2) is 22.7 Å². The fourth-order valence-electron chi connectivity index (χ4n) is 1.35. The first-order valence-corrected chi connectivity index (χ1v) is 5.76. The van der Waals surface area contributed by atoms with Crippen LogP contribution < -0.4 is 5.32 Å². The van der Waals surface area contributed by atoms with E-state index in [9.17, 15) is 9.59 Å². The maximum Gasteiger partial charge on any atom is 0.258 e. The van der Waals surface area contributed by atoms with E-state index in [1.165, 1.54) is 6.08 Å². The molecule has 2 amide bonds. The standard InChI is InChI=1S/C10H4BrCl2NO2/c11-6-2-1-4(8(12)9(6)13)5-3-7(15)14-10(5)16/h1-3H,(H,14,15,16). The predicted octanol–water partition coefficient (Wildman–Crippen LogP) is 2.80. The van der Waals surface area contributed by atoms with Gasteiger partial charge in [0, 0.05) is 16.1 Å². The fraction of sp³-hybridized carbons (Fsp3) is 0. The number of halogens is 3. The Bertz CT molecular complexity index is 540. The van der Waals surface area contributed by atoms with Crippen molar-refractivity contribution in [2.24, 2.45) is 0 Å². The molecule has 0 bridgehead atoms. The Morgan fingerprint density at radius 2 is 1.81 bits per heavy atom. The van der Waals surface area contributed by atoms with Crippen molar-refractivity contribution < 1.29 is 9.59 Å². The smallest absolute Gasteiger partial charge is 0.258 e. The summed E-state index contributed by atoms with van der Waals surface area (Å²) in [4.78, 5) is 22.4. The molecule has 82 valence electrons. The van der Waals surface area contributed by atoms with E-state index < -0.39 is 11.8 Å². The lowest BCUT2D eigenvalue weighted by atomic mass is 10.1. The van der Waals surface area contributed by atoms with Gasteiger partial charge in [-0.3, -0.25) is 14.9 Å². The van der Waals surface area contributed by atoms with E-state index in [2.05, 4.69) is 21.2 Å². The van der Waals surface area contributed by atoms with Crippen molar-refractivity contribution in [3.05, 3.63) is 38.3 Å². The molecule has 0 spiro atoms. The molecule has 0 aliphatic carbocycles. The van der Waals surface area contributed by atoms with Gasteiger partial charge in [-0.25, -0.2) is 0 Å². The zero-order valence-electron chi connectivity index (χ0n) is 7.68. The maximum atomic E-state index is 11.4. The number of nitrogens with one attached hydrogen (secondary N) is 1. The molecule has 6 heteroatoms. The minimum absolute atomic E-state index is 0.226. The van der Waals surface area contributed by atoms with Gasteiger partial charge >= 0.3 is 0 Å². The Morgan fingerprint density at radius 1 is 1.12 bits per heavy atom. The minimum atomic E-state index is -0.467. The predicted molar refractivity (Wildman–Crippen MR) is 65.3 cm³/mol. The van der Waals surface area contributed by atoms with Crippen LogP contribution in [0.3, 0.4) is 0 Å². The number of benzene rings is 1. The van der Waals surface area contributed by atoms with Gasteiger partial charge in [0.1, 0.15) is 0 Å². The van der Waals surface area contributed by atoms with Crippen LogP contribution >= 0.6 is 39.1 Å². The molecule has 0 unspecified atom stereocenters. The van der Waals surface area contributed by atoms with Crippen LogP contribution in [0, 0.1) is 0 Å². The molecule has 0 saturated carbocycles. The summed E-state index contributed by atoms with van der Waals surface area (Å²) >= 11 is 15.1. The van der Waals surface area contributed by atoms with E-state index in [0.29, 0.717) is 15.1 Å². The van der Waals surface area contributed by atoms with Crippen molar-refractivity contribution in [3.63, 3.8) is 0 Å². The topological polar surface area (TPSA) is 46.2 Å². The van der Waals surface area contributed by atoms with Crippen LogP contribution in [0.5, 0.6) is 0 Å². The summed E-state index contributed by atoms with van der Waals surface area (Å²) in [6, 6.07) is 3.29. The molecule has 0 aromatic heterocycles. The highest BCUT2D eigenvalue weighted by Crippen LogP contribution is 2.36. The lowest BCUT2D eigenvalue weighted by molar-refractivity contribution is -0.123. The molecule has 2 rings (SSSR count). The highest BCUT2D eigenvalue weighted by atomic mass is 79.9. The normalized spacial score (nSPS) is 15.1. The zero-order valence-corrected chi connectivity index (χ0v) is 10.8. The second-order valence-corrected chi connectivity index (χ2v) is 4.71. The van der Waals surface area contributed by atoms with E-state index in [1.807, 2.05) is 0 Å². The molecule has 0 fully saturated rings. The second-order valence-electron chi connectivity index (χ2n) is 3.10. The van der Waals surface area contributed by atoms with Crippen LogP contribution in [0.1, 0.15) is 5.56 Å². The van der Waals surface area contributed by atoms with E-state index in [0.717, 1.165) is 0 Å². The average Bonchev–Trinajstić information content (AvgIpc) is 2.55. The summed E-state index contributed by atoms with van der Waals surface area (Å²) in [6.07, 6.45) is 1.20. The summed E-state index contributed by atoms with van der Waals surface area (Å²) in [5, 5.41) is 2.70. The molecule has 1 aromatic rings. The zero-order chi connectivity index (χ0) is 11.9. The van der Waals surface area contributed by atoms with E-state index in [1.54, 1.807) is 12.1 Å². The van der Waals surface area contributed by atoms with Gasteiger partial charge in [0.2, 0.25) is 0 Å². The van der Waals surface area contributed by atoms with Crippen molar-refractivity contribution in [2.45, 2.75) is 0 Å². The Labute approximate surface area is 110 Å². The second kappa shape index (κ2) is 4.20. The number of rotatable bonds is 1. The molecule has 1 heterocycles. The minimum Gasteiger partial charge on any atom is -0.289 e. The maximum absolute atomic E-state index is 11.4. The molecule has 0 radical (unpaired) electrons. The van der Waals surface area contributed by atoms with Gasteiger partial charge in [0.05, 0.1) is 15.6 Å². The fourth-order valence-corrected chi connectivity index (χ4v) is 2.22. The molecule has 1 N–H and O–H groups in total. The summed E-state index contributed by atoms with van der Waals surface area (Å²) in [5.74, 6) is -0.916. The first kappa shape index (κ1) is 11.6. The van der Waals surface area contributed by atoms with Gasteiger partial charge in [-0.05, 0) is 22.0 Å². The number of hydrogen-bond donors (Lipinski definition) is 1. The van der Waals surface area contributed by atoms with Crippen LogP contribution in [0.25, 0.3) is 5.57 Å². The molecule has 0 saturated heterocycles. The van der Waals surface area contributed by atoms with Gasteiger partial charge in [-0.1, -0.05) is 29.3 Å². The lowest BCUT2D eigenvalue weighted by Gasteiger charge is -2.06. The molecule has 16 heavy (non-hydrogen) atoms. The Hall–Kier alpha value is -0.840. The lowest BCUT2D eigenvalue weighted by Crippen LogP contribution is -2.21. The van der Waals surface area contributed by atoms with Gasteiger partial charge in [-0.15, -0.1) is 0 Å². The molecule has 3 nitrogen and oxygen atoms in total. The van der Waals surface area contributed by atoms with Crippen LogP contribution in [0.4, 0.5) is 0 Å². The Balaban J connectivity index is 2.58. The number of amides is 2. The van der Waals surface area contributed by atoms with Crippen molar-refractivity contribution >= 4 is 56.5 Å². The third-order valence-electron chi connectivity index (χ3n) is 2.08. The summed E-state index contributed by atoms with van der Waals surface area (Å²) in [6.45, 7) is 0. The number of carbonyl (C=O) groups excluding carboxylic acids is 2. The molecule has 0 atom stereocenters.